The maximum Gasteiger partial charge on any atom is 0.326 e. The minimum absolute atomic E-state index is 0.0508. The van der Waals surface area contributed by atoms with E-state index >= 15 is 0 Å². The van der Waals surface area contributed by atoms with Crippen LogP contribution in [-0.2, 0) is 38.4 Å². The standard InChI is InChI=1S/C26H32N8O5/c27-19(10-17-12-28-14-30-17)25(37)34-8-4-7-22(34)24(36)32-20(11-18-13-29-15-31-18)23(35)33-21(26(38)39)9-16-5-2-1-3-6-16/h1-3,5-6,12-15,19-22H,4,7-11,27H2,(H,28,30)(H,29,31)(H,32,36)(H,33,35)(H,38,39). The summed E-state index contributed by atoms with van der Waals surface area (Å²) in [6.45, 7) is 0.364. The van der Waals surface area contributed by atoms with E-state index < -0.39 is 42.0 Å². The van der Waals surface area contributed by atoms with E-state index in [9.17, 15) is 24.3 Å². The van der Waals surface area contributed by atoms with E-state index in [1.165, 1.54) is 23.8 Å². The Morgan fingerprint density at radius 3 is 2.26 bits per heavy atom. The molecule has 4 atom stereocenters. The number of aromatic amines is 2. The third kappa shape index (κ3) is 7.29. The fourth-order valence-corrected chi connectivity index (χ4v) is 4.65. The average Bonchev–Trinajstić information content (AvgIpc) is 3.71. The minimum atomic E-state index is -1.20. The van der Waals surface area contributed by atoms with Crippen LogP contribution in [0.25, 0.3) is 0 Å². The van der Waals surface area contributed by atoms with Gasteiger partial charge in [0.1, 0.15) is 18.1 Å². The first-order valence-corrected chi connectivity index (χ1v) is 12.7. The number of aliphatic carboxylic acids is 1. The van der Waals surface area contributed by atoms with E-state index in [1.54, 1.807) is 30.5 Å². The molecule has 3 heterocycles. The Morgan fingerprint density at radius 1 is 0.974 bits per heavy atom. The topological polar surface area (TPSA) is 199 Å². The Labute approximate surface area is 224 Å². The van der Waals surface area contributed by atoms with E-state index in [0.717, 1.165) is 5.56 Å². The molecule has 206 valence electrons. The van der Waals surface area contributed by atoms with Gasteiger partial charge in [-0.3, -0.25) is 14.4 Å². The quantitative estimate of drug-likeness (QED) is 0.178. The smallest absolute Gasteiger partial charge is 0.326 e. The van der Waals surface area contributed by atoms with Crippen molar-refractivity contribution in [3.05, 3.63) is 72.3 Å². The summed E-state index contributed by atoms with van der Waals surface area (Å²) < 4.78 is 0. The number of carboxylic acids is 1. The van der Waals surface area contributed by atoms with Gasteiger partial charge in [0.25, 0.3) is 0 Å². The van der Waals surface area contributed by atoms with Crippen LogP contribution in [0.3, 0.4) is 0 Å². The van der Waals surface area contributed by atoms with Gasteiger partial charge in [0.2, 0.25) is 17.7 Å². The molecule has 0 radical (unpaired) electrons. The normalized spacial score (nSPS) is 17.3. The largest absolute Gasteiger partial charge is 0.480 e. The van der Waals surface area contributed by atoms with Crippen LogP contribution < -0.4 is 16.4 Å². The number of carboxylic acid groups (broad SMARTS) is 1. The number of carbonyl (C=O) groups is 4. The molecular weight excluding hydrogens is 504 g/mol. The number of nitrogens with one attached hydrogen (secondary N) is 4. The first-order chi connectivity index (χ1) is 18.8. The Balaban J connectivity index is 1.45. The van der Waals surface area contributed by atoms with Gasteiger partial charge in [-0.05, 0) is 18.4 Å². The van der Waals surface area contributed by atoms with E-state index in [-0.39, 0.29) is 25.2 Å². The van der Waals surface area contributed by atoms with Gasteiger partial charge in [-0.1, -0.05) is 30.3 Å². The number of H-pyrrole nitrogens is 2. The Morgan fingerprint density at radius 2 is 1.64 bits per heavy atom. The maximum atomic E-state index is 13.4. The zero-order valence-corrected chi connectivity index (χ0v) is 21.2. The van der Waals surface area contributed by atoms with Crippen LogP contribution in [0.15, 0.2) is 55.4 Å². The summed E-state index contributed by atoms with van der Waals surface area (Å²) in [7, 11) is 0. The fraction of sp³-hybridized carbons (Fsp3) is 0.385. The second-order valence-corrected chi connectivity index (χ2v) is 9.51. The Hall–Kier alpha value is -4.52. The van der Waals surface area contributed by atoms with Crippen LogP contribution in [0, 0.1) is 0 Å². The number of hydrogen-bond acceptors (Lipinski definition) is 7. The molecule has 2 aromatic heterocycles. The molecule has 0 bridgehead atoms. The lowest BCUT2D eigenvalue weighted by atomic mass is 10.0. The lowest BCUT2D eigenvalue weighted by Gasteiger charge is -2.28. The zero-order valence-electron chi connectivity index (χ0n) is 21.2. The lowest BCUT2D eigenvalue weighted by molar-refractivity contribution is -0.143. The van der Waals surface area contributed by atoms with Crippen LogP contribution in [0.5, 0.6) is 0 Å². The average molecular weight is 537 g/mol. The molecule has 3 amide bonds. The van der Waals surface area contributed by atoms with E-state index in [0.29, 0.717) is 30.8 Å². The molecular formula is C26H32N8O5. The summed E-state index contributed by atoms with van der Waals surface area (Å²) in [6, 6.07) is 4.95. The number of aromatic nitrogens is 4. The molecule has 1 aromatic carbocycles. The van der Waals surface area contributed by atoms with Gasteiger partial charge < -0.3 is 36.3 Å². The van der Waals surface area contributed by atoms with Crippen LogP contribution in [0.1, 0.15) is 29.8 Å². The Kier molecular flexibility index (Phi) is 9.05. The number of benzene rings is 1. The minimum Gasteiger partial charge on any atom is -0.480 e. The van der Waals surface area contributed by atoms with Gasteiger partial charge in [0.05, 0.1) is 18.7 Å². The zero-order chi connectivity index (χ0) is 27.8. The molecule has 1 saturated heterocycles. The first-order valence-electron chi connectivity index (χ1n) is 12.7. The van der Waals surface area contributed by atoms with Crippen molar-refractivity contribution in [3.8, 4) is 0 Å². The van der Waals surface area contributed by atoms with Crippen molar-refractivity contribution in [2.75, 3.05) is 6.54 Å². The summed E-state index contributed by atoms with van der Waals surface area (Å²) in [5.41, 5.74) is 8.16. The number of imidazole rings is 2. The molecule has 13 nitrogen and oxygen atoms in total. The summed E-state index contributed by atoms with van der Waals surface area (Å²) >= 11 is 0. The number of carbonyl (C=O) groups excluding carboxylic acids is 3. The second kappa shape index (κ2) is 12.8. The first kappa shape index (κ1) is 27.5. The Bertz CT molecular complexity index is 1250. The molecule has 1 fully saturated rings. The summed E-state index contributed by atoms with van der Waals surface area (Å²) in [5.74, 6) is -2.74. The highest BCUT2D eigenvalue weighted by Crippen LogP contribution is 2.19. The molecule has 4 rings (SSSR count). The van der Waals surface area contributed by atoms with Crippen LogP contribution in [0.2, 0.25) is 0 Å². The molecule has 1 aliphatic rings. The van der Waals surface area contributed by atoms with Crippen molar-refractivity contribution in [1.29, 1.82) is 0 Å². The molecule has 13 heteroatoms. The highest BCUT2D eigenvalue weighted by molar-refractivity contribution is 5.94. The van der Waals surface area contributed by atoms with E-state index in [1.807, 2.05) is 6.07 Å². The van der Waals surface area contributed by atoms with Gasteiger partial charge in [-0.15, -0.1) is 0 Å². The summed E-state index contributed by atoms with van der Waals surface area (Å²) in [4.78, 5) is 66.8. The number of nitrogens with two attached hydrogens (primary N) is 1. The van der Waals surface area contributed by atoms with Crippen molar-refractivity contribution in [1.82, 2.24) is 35.5 Å². The van der Waals surface area contributed by atoms with Gasteiger partial charge in [0.15, 0.2) is 0 Å². The number of likely N-dealkylation sites (tertiary alicyclic amines) is 1. The molecule has 1 aliphatic heterocycles. The predicted molar refractivity (Wildman–Crippen MR) is 139 cm³/mol. The van der Waals surface area contributed by atoms with Crippen LogP contribution in [-0.4, -0.2) is 84.3 Å². The SMILES string of the molecule is NC(Cc1cnc[nH]1)C(=O)N1CCCC1C(=O)NC(Cc1cnc[nH]1)C(=O)NC(Cc1ccccc1)C(=O)O. The van der Waals surface area contributed by atoms with Crippen molar-refractivity contribution in [3.63, 3.8) is 0 Å². The van der Waals surface area contributed by atoms with Crippen molar-refractivity contribution in [2.45, 2.75) is 56.3 Å². The summed E-state index contributed by atoms with van der Waals surface area (Å²) in [6.07, 6.45) is 7.44. The molecule has 4 unspecified atom stereocenters. The third-order valence-corrected chi connectivity index (χ3v) is 6.66. The second-order valence-electron chi connectivity index (χ2n) is 9.51. The molecule has 39 heavy (non-hydrogen) atoms. The molecule has 0 aliphatic carbocycles. The maximum absolute atomic E-state index is 13.4. The molecule has 0 spiro atoms. The number of amides is 3. The van der Waals surface area contributed by atoms with E-state index in [4.69, 9.17) is 5.73 Å². The number of nitrogens with zero attached hydrogens (tertiary/aromatic N) is 3. The molecule has 3 aromatic rings. The van der Waals surface area contributed by atoms with Crippen LogP contribution in [0.4, 0.5) is 0 Å². The predicted octanol–water partition coefficient (Wildman–Crippen LogP) is -0.467. The van der Waals surface area contributed by atoms with Crippen LogP contribution >= 0.6 is 0 Å². The third-order valence-electron chi connectivity index (χ3n) is 6.66. The van der Waals surface area contributed by atoms with Crippen molar-refractivity contribution in [2.24, 2.45) is 5.73 Å². The number of hydrogen-bond donors (Lipinski definition) is 6. The lowest BCUT2D eigenvalue weighted by Crippen LogP contribution is -2.57. The van der Waals surface area contributed by atoms with E-state index in [2.05, 4.69) is 30.6 Å². The highest BCUT2D eigenvalue weighted by atomic mass is 16.4. The number of rotatable bonds is 12. The molecule has 0 saturated carbocycles. The fourth-order valence-electron chi connectivity index (χ4n) is 4.65. The van der Waals surface area contributed by atoms with Crippen molar-refractivity contribution >= 4 is 23.7 Å². The monoisotopic (exact) mass is 536 g/mol. The van der Waals surface area contributed by atoms with Gasteiger partial charge in [-0.2, -0.15) is 0 Å². The van der Waals surface area contributed by atoms with Crippen molar-refractivity contribution < 1.29 is 24.3 Å². The van der Waals surface area contributed by atoms with Gasteiger partial charge in [0, 0.05) is 49.6 Å². The summed E-state index contributed by atoms with van der Waals surface area (Å²) in [5, 5.41) is 15.0. The highest BCUT2D eigenvalue weighted by Gasteiger charge is 2.38. The van der Waals surface area contributed by atoms with Gasteiger partial charge >= 0.3 is 5.97 Å². The van der Waals surface area contributed by atoms with Gasteiger partial charge in [-0.25, -0.2) is 14.8 Å². The molecule has 7 N–H and O–H groups in total.